The second kappa shape index (κ2) is 5.42. The van der Waals surface area contributed by atoms with E-state index < -0.39 is 11.9 Å². The summed E-state index contributed by atoms with van der Waals surface area (Å²) in [5.74, 6) is -2.38. The van der Waals surface area contributed by atoms with E-state index in [4.69, 9.17) is 5.11 Å². The number of amides is 1. The number of aliphatic carboxylic acids is 1. The molecule has 0 bridgehead atoms. The van der Waals surface area contributed by atoms with Gasteiger partial charge in [0.25, 0.3) is 0 Å². The maximum absolute atomic E-state index is 10.6. The van der Waals surface area contributed by atoms with Gasteiger partial charge in [-0.1, -0.05) is 6.07 Å². The molecule has 0 unspecified atom stereocenters. The second-order valence-electron chi connectivity index (χ2n) is 2.48. The van der Waals surface area contributed by atoms with Crippen LogP contribution >= 0.6 is 0 Å². The van der Waals surface area contributed by atoms with E-state index in [2.05, 4.69) is 10.3 Å². The molecular weight excluding hydrogens is 179 g/mol. The van der Waals surface area contributed by atoms with Gasteiger partial charge in [-0.05, 0) is 18.6 Å². The minimum atomic E-state index is -1.53. The van der Waals surface area contributed by atoms with Crippen LogP contribution in [0.25, 0.3) is 0 Å². The van der Waals surface area contributed by atoms with Gasteiger partial charge in [-0.25, -0.2) is 9.78 Å². The molecule has 1 aromatic heterocycles. The molecule has 5 nitrogen and oxygen atoms in total. The zero-order chi connectivity index (χ0) is 9.84. The van der Waals surface area contributed by atoms with Crippen LogP contribution in [0.15, 0.2) is 18.3 Å². The van der Waals surface area contributed by atoms with Crippen LogP contribution in [0.3, 0.4) is 0 Å². The second-order valence-corrected chi connectivity index (χ2v) is 2.48. The molecule has 0 aliphatic carbocycles. The Morgan fingerprint density at radius 1 is 1.43 bits per heavy atom. The topological polar surface area (TPSA) is 79.3 Å². The number of anilines is 1. The summed E-state index contributed by atoms with van der Waals surface area (Å²) in [6.07, 6.45) is 1.54. The molecule has 1 aromatic rings. The fourth-order valence-electron chi connectivity index (χ4n) is 0.712. The van der Waals surface area contributed by atoms with E-state index >= 15 is 0 Å². The van der Waals surface area contributed by atoms with Gasteiger partial charge >= 0.3 is 11.9 Å². The molecule has 69 valence electrons. The minimum Gasteiger partial charge on any atom is -0.474 e. The summed E-state index contributed by atoms with van der Waals surface area (Å²) in [6.45, 7) is 1.84. The van der Waals surface area contributed by atoms with E-state index in [1.165, 1.54) is 12.3 Å². The van der Waals surface area contributed by atoms with Crippen LogP contribution in [0, 0.1) is 6.92 Å². The Hall–Kier alpha value is -1.31. The average Bonchev–Trinajstić information content (AvgIpc) is 2.08. The number of hydrogen-bond donors (Lipinski definition) is 2. The predicted octanol–water partition coefficient (Wildman–Crippen LogP) is 0.0323. The summed E-state index contributed by atoms with van der Waals surface area (Å²) in [5, 5.41) is 10.4. The molecule has 0 fully saturated rings. The smallest absolute Gasteiger partial charge is 0.394 e. The van der Waals surface area contributed by atoms with Gasteiger partial charge < -0.3 is 10.4 Å². The normalized spacial score (nSPS) is 8.64. The predicted molar refractivity (Wildman–Crippen MR) is 51.0 cm³/mol. The van der Waals surface area contributed by atoms with Gasteiger partial charge in [0.1, 0.15) is 5.82 Å². The van der Waals surface area contributed by atoms with Gasteiger partial charge in [0.2, 0.25) is 0 Å². The van der Waals surface area contributed by atoms with Crippen LogP contribution in [-0.2, 0) is 9.59 Å². The fraction of sp³-hybridized carbons (Fsp3) is 0.125. The molecule has 0 saturated heterocycles. The summed E-state index contributed by atoms with van der Waals surface area (Å²) >= 11 is 0. The third-order valence-electron chi connectivity index (χ3n) is 1.35. The Morgan fingerprint density at radius 3 is 2.50 bits per heavy atom. The molecule has 1 amide bonds. The third kappa shape index (κ3) is 3.60. The first-order chi connectivity index (χ1) is 6.09. The summed E-state index contributed by atoms with van der Waals surface area (Å²) in [4.78, 5) is 24.6. The summed E-state index contributed by atoms with van der Waals surface area (Å²) < 4.78 is 0. The number of aryl methyl sites for hydroxylation is 1. The number of pyridine rings is 1. The Labute approximate surface area is 92.7 Å². The standard InChI is InChI=1S/C8H8N2O3.Li/c1-5-2-3-6(9-4-5)10-7(11)8(12)13;/h2-4H,1H3,(H,12,13)(H,9,10,11);. The molecule has 0 spiro atoms. The molecule has 0 aromatic carbocycles. The van der Waals surface area contributed by atoms with Crippen LogP contribution in [-0.4, -0.2) is 40.8 Å². The van der Waals surface area contributed by atoms with E-state index in [1.54, 1.807) is 6.07 Å². The number of rotatable bonds is 1. The molecule has 1 rings (SSSR count). The number of nitrogens with zero attached hydrogens (tertiary/aromatic N) is 1. The fourth-order valence-corrected chi connectivity index (χ4v) is 0.712. The van der Waals surface area contributed by atoms with Crippen molar-refractivity contribution in [3.63, 3.8) is 0 Å². The Bertz CT molecular complexity index is 337. The first-order valence-corrected chi connectivity index (χ1v) is 3.56. The van der Waals surface area contributed by atoms with Crippen LogP contribution in [0.4, 0.5) is 5.82 Å². The number of carboxylic acid groups (broad SMARTS) is 1. The molecule has 0 aliphatic heterocycles. The Morgan fingerprint density at radius 2 is 2.07 bits per heavy atom. The molecule has 2 N–H and O–H groups in total. The molecule has 0 saturated carbocycles. The van der Waals surface area contributed by atoms with E-state index in [9.17, 15) is 9.59 Å². The average molecular weight is 187 g/mol. The number of aromatic nitrogens is 1. The number of hydrogen-bond acceptors (Lipinski definition) is 3. The van der Waals surface area contributed by atoms with Crippen LogP contribution in [0.5, 0.6) is 0 Å². The minimum absolute atomic E-state index is 0. The molecule has 6 heteroatoms. The first kappa shape index (κ1) is 12.7. The van der Waals surface area contributed by atoms with Crippen molar-refractivity contribution in [1.82, 2.24) is 4.98 Å². The van der Waals surface area contributed by atoms with Crippen LogP contribution < -0.4 is 5.32 Å². The van der Waals surface area contributed by atoms with Gasteiger partial charge in [0.15, 0.2) is 0 Å². The van der Waals surface area contributed by atoms with Crippen molar-refractivity contribution in [2.75, 3.05) is 5.32 Å². The van der Waals surface area contributed by atoms with Gasteiger partial charge in [-0.15, -0.1) is 0 Å². The van der Waals surface area contributed by atoms with Gasteiger partial charge in [-0.3, -0.25) is 4.79 Å². The maximum atomic E-state index is 10.6. The van der Waals surface area contributed by atoms with Gasteiger partial charge in [0, 0.05) is 25.1 Å². The van der Waals surface area contributed by atoms with Crippen molar-refractivity contribution in [3.8, 4) is 0 Å². The Balaban J connectivity index is 0.00000169. The van der Waals surface area contributed by atoms with Crippen molar-refractivity contribution in [1.29, 1.82) is 0 Å². The van der Waals surface area contributed by atoms with Crippen molar-refractivity contribution in [3.05, 3.63) is 23.9 Å². The summed E-state index contributed by atoms with van der Waals surface area (Å²) in [5.41, 5.74) is 0.938. The SMILES string of the molecule is Cc1ccc(NC(=O)C(=O)O)nc1.[Li]. The number of carbonyl (C=O) groups excluding carboxylic acids is 1. The zero-order valence-electron chi connectivity index (χ0n) is 7.94. The molecular formula is C8H8LiN2O3. The van der Waals surface area contributed by atoms with E-state index in [1.807, 2.05) is 6.92 Å². The van der Waals surface area contributed by atoms with E-state index in [0.717, 1.165) is 5.56 Å². The quantitative estimate of drug-likeness (QED) is 0.480. The summed E-state index contributed by atoms with van der Waals surface area (Å²) in [6, 6.07) is 3.26. The van der Waals surface area contributed by atoms with Crippen LogP contribution in [0.2, 0.25) is 0 Å². The summed E-state index contributed by atoms with van der Waals surface area (Å²) in [7, 11) is 0. The van der Waals surface area contributed by atoms with Crippen molar-refractivity contribution < 1.29 is 14.7 Å². The monoisotopic (exact) mass is 187 g/mol. The largest absolute Gasteiger partial charge is 0.474 e. The van der Waals surface area contributed by atoms with Gasteiger partial charge in [0.05, 0.1) is 0 Å². The number of nitrogens with one attached hydrogen (secondary N) is 1. The number of carboxylic acids is 1. The van der Waals surface area contributed by atoms with E-state index in [0.29, 0.717) is 0 Å². The molecule has 14 heavy (non-hydrogen) atoms. The molecule has 0 atom stereocenters. The van der Waals surface area contributed by atoms with Crippen molar-refractivity contribution in [2.45, 2.75) is 6.92 Å². The Kier molecular flexibility index (Phi) is 4.92. The number of carbonyl (C=O) groups is 2. The third-order valence-corrected chi connectivity index (χ3v) is 1.35. The molecule has 1 heterocycles. The van der Waals surface area contributed by atoms with Crippen molar-refractivity contribution in [2.24, 2.45) is 0 Å². The van der Waals surface area contributed by atoms with Crippen LogP contribution in [0.1, 0.15) is 5.56 Å². The molecule has 0 aliphatic rings. The zero-order valence-corrected chi connectivity index (χ0v) is 7.94. The molecule has 1 radical (unpaired) electrons. The maximum Gasteiger partial charge on any atom is 0.394 e. The van der Waals surface area contributed by atoms with Crippen molar-refractivity contribution >= 4 is 36.6 Å². The first-order valence-electron chi connectivity index (χ1n) is 3.56. The van der Waals surface area contributed by atoms with E-state index in [-0.39, 0.29) is 24.7 Å². The van der Waals surface area contributed by atoms with Gasteiger partial charge in [-0.2, -0.15) is 0 Å².